The first-order chi connectivity index (χ1) is 8.82. The molecule has 19 heavy (non-hydrogen) atoms. The van der Waals surface area contributed by atoms with E-state index >= 15 is 0 Å². The number of nitrogens with zero attached hydrogens (tertiary/aromatic N) is 2. The van der Waals surface area contributed by atoms with Crippen LogP contribution in [-0.2, 0) is 0 Å². The number of carbonyl (C=O) groups is 1. The fourth-order valence-corrected chi connectivity index (χ4v) is 1.86. The van der Waals surface area contributed by atoms with Gasteiger partial charge in [-0.15, -0.1) is 0 Å². The highest BCUT2D eigenvalue weighted by atomic mass is 35.5. The number of alkyl halides is 2. The number of hydrogen-bond acceptors (Lipinski definition) is 3. The Kier molecular flexibility index (Phi) is 3.46. The first-order valence-electron chi connectivity index (χ1n) is 5.17. The maximum atomic E-state index is 13.7. The van der Waals surface area contributed by atoms with Gasteiger partial charge in [-0.2, -0.15) is 8.78 Å². The smallest absolute Gasteiger partial charge is 0.344 e. The van der Waals surface area contributed by atoms with Crippen LogP contribution in [0.15, 0.2) is 12.1 Å². The van der Waals surface area contributed by atoms with Gasteiger partial charge < -0.3 is 5.11 Å². The van der Waals surface area contributed by atoms with Gasteiger partial charge in [0.15, 0.2) is 0 Å². The summed E-state index contributed by atoms with van der Waals surface area (Å²) in [6, 6.07) is 0.546. The second-order valence-electron chi connectivity index (χ2n) is 3.86. The number of benzene rings is 1. The van der Waals surface area contributed by atoms with Crippen molar-refractivity contribution < 1.29 is 23.1 Å². The molecule has 1 aromatic carbocycles. The summed E-state index contributed by atoms with van der Waals surface area (Å²) in [6.07, 6.45) is -1.01. The lowest BCUT2D eigenvalue weighted by molar-refractivity contribution is -0.00783. The molecule has 5 nitrogen and oxygen atoms in total. The Hall–Kier alpha value is -1.67. The molecule has 0 bridgehead atoms. The molecule has 9 heteroatoms. The monoisotopic (exact) mass is 295 g/mol. The van der Waals surface area contributed by atoms with E-state index in [1.165, 1.54) is 6.92 Å². The Morgan fingerprint density at radius 3 is 2.63 bits per heavy atom. The Morgan fingerprint density at radius 1 is 1.47 bits per heavy atom. The number of urea groups is 1. The van der Waals surface area contributed by atoms with Crippen molar-refractivity contribution in [2.75, 3.05) is 5.01 Å². The summed E-state index contributed by atoms with van der Waals surface area (Å²) < 4.78 is 39.0. The third-order valence-electron chi connectivity index (χ3n) is 2.61. The van der Waals surface area contributed by atoms with E-state index in [-0.39, 0.29) is 15.6 Å². The minimum Gasteiger partial charge on any atom is -0.506 e. The molecule has 1 unspecified atom stereocenters. The predicted octanol–water partition coefficient (Wildman–Crippen LogP) is 2.50. The predicted molar refractivity (Wildman–Crippen MR) is 61.4 cm³/mol. The highest BCUT2D eigenvalue weighted by Gasteiger charge is 2.41. The molecule has 2 rings (SSSR count). The van der Waals surface area contributed by atoms with Crippen molar-refractivity contribution in [1.29, 1.82) is 0 Å². The molecule has 0 spiro atoms. The topological polar surface area (TPSA) is 55.8 Å². The van der Waals surface area contributed by atoms with Crippen LogP contribution in [0.3, 0.4) is 0 Å². The number of hydrazine groups is 1. The summed E-state index contributed by atoms with van der Waals surface area (Å²) in [4.78, 5) is 12.0. The summed E-state index contributed by atoms with van der Waals surface area (Å²) in [5, 5.41) is 9.74. The lowest BCUT2D eigenvalue weighted by Crippen LogP contribution is -2.38. The van der Waals surface area contributed by atoms with E-state index < -0.39 is 30.3 Å². The maximum absolute atomic E-state index is 13.7. The van der Waals surface area contributed by atoms with Gasteiger partial charge in [0.25, 0.3) is 0 Å². The van der Waals surface area contributed by atoms with Crippen LogP contribution < -0.4 is 10.4 Å². The van der Waals surface area contributed by atoms with E-state index in [2.05, 4.69) is 5.43 Å². The normalized spacial score (nSPS) is 19.7. The number of rotatable bonds is 2. The van der Waals surface area contributed by atoms with Gasteiger partial charge in [-0.05, 0) is 13.0 Å². The minimum absolute atomic E-state index is 0.241. The van der Waals surface area contributed by atoms with Crippen LogP contribution in [0.25, 0.3) is 0 Å². The number of carbonyl (C=O) groups excluding carboxylic acids is 1. The zero-order valence-corrected chi connectivity index (χ0v) is 10.3. The van der Waals surface area contributed by atoms with Crippen molar-refractivity contribution in [1.82, 2.24) is 10.3 Å². The quantitative estimate of drug-likeness (QED) is 0.824. The van der Waals surface area contributed by atoms with Gasteiger partial charge in [-0.3, -0.25) is 0 Å². The van der Waals surface area contributed by atoms with Gasteiger partial charge in [0, 0.05) is 6.07 Å². The standard InChI is InChI=1S/C10H9ClF3N3O2/c1-4-15-17(10(19)16(4)9(13)14)7-3-8(18)5(11)2-6(7)12/h2-4,9,15,18H,1H3. The van der Waals surface area contributed by atoms with Gasteiger partial charge >= 0.3 is 12.6 Å². The Bertz CT molecular complexity index is 529. The summed E-state index contributed by atoms with van der Waals surface area (Å²) in [7, 11) is 0. The molecule has 1 aliphatic rings. The van der Waals surface area contributed by atoms with Gasteiger partial charge in [-0.1, -0.05) is 11.6 Å². The van der Waals surface area contributed by atoms with Gasteiger partial charge in [-0.25, -0.2) is 24.5 Å². The zero-order valence-electron chi connectivity index (χ0n) is 9.57. The first kappa shape index (κ1) is 13.8. The third-order valence-corrected chi connectivity index (χ3v) is 2.92. The number of nitrogens with one attached hydrogen (secondary N) is 1. The van der Waals surface area contributed by atoms with Crippen molar-refractivity contribution in [3.63, 3.8) is 0 Å². The molecule has 104 valence electrons. The number of phenols is 1. The Morgan fingerprint density at radius 2 is 2.11 bits per heavy atom. The average molecular weight is 296 g/mol. The average Bonchev–Trinajstić information content (AvgIpc) is 2.59. The highest BCUT2D eigenvalue weighted by molar-refractivity contribution is 6.32. The van der Waals surface area contributed by atoms with E-state index in [0.29, 0.717) is 5.01 Å². The van der Waals surface area contributed by atoms with Crippen LogP contribution in [0, 0.1) is 5.82 Å². The molecule has 1 fully saturated rings. The molecule has 0 saturated carbocycles. The molecule has 1 aromatic rings. The van der Waals surface area contributed by atoms with Crippen molar-refractivity contribution in [3.8, 4) is 5.75 Å². The van der Waals surface area contributed by atoms with Crippen molar-refractivity contribution >= 4 is 23.3 Å². The lowest BCUT2D eigenvalue weighted by atomic mass is 10.3. The fraction of sp³-hybridized carbons (Fsp3) is 0.300. The lowest BCUT2D eigenvalue weighted by Gasteiger charge is -2.17. The van der Waals surface area contributed by atoms with Crippen molar-refractivity contribution in [3.05, 3.63) is 23.0 Å². The number of phenolic OH excluding ortho intramolecular Hbond substituents is 1. The molecule has 1 saturated heterocycles. The number of aromatic hydroxyl groups is 1. The van der Waals surface area contributed by atoms with Gasteiger partial charge in [0.2, 0.25) is 0 Å². The van der Waals surface area contributed by atoms with E-state index in [1.807, 2.05) is 0 Å². The van der Waals surface area contributed by atoms with Crippen LogP contribution in [0.2, 0.25) is 5.02 Å². The largest absolute Gasteiger partial charge is 0.506 e. The Labute approximate surface area is 111 Å². The molecule has 2 amide bonds. The van der Waals surface area contributed by atoms with E-state index in [9.17, 15) is 23.1 Å². The molecule has 1 aliphatic heterocycles. The van der Waals surface area contributed by atoms with Crippen LogP contribution in [0.4, 0.5) is 23.7 Å². The summed E-state index contributed by atoms with van der Waals surface area (Å²) in [6.45, 7) is -1.71. The number of hydrogen-bond donors (Lipinski definition) is 2. The second-order valence-corrected chi connectivity index (χ2v) is 4.27. The molecular formula is C10H9ClF3N3O2. The highest BCUT2D eigenvalue weighted by Crippen LogP contribution is 2.33. The minimum atomic E-state index is -3.02. The summed E-state index contributed by atoms with van der Waals surface area (Å²) >= 11 is 5.49. The van der Waals surface area contributed by atoms with Crippen LogP contribution in [0.1, 0.15) is 6.92 Å². The van der Waals surface area contributed by atoms with E-state index in [4.69, 9.17) is 11.6 Å². The number of anilines is 1. The molecular weight excluding hydrogens is 287 g/mol. The van der Waals surface area contributed by atoms with Crippen LogP contribution in [-0.4, -0.2) is 28.8 Å². The molecule has 2 N–H and O–H groups in total. The van der Waals surface area contributed by atoms with Crippen LogP contribution in [0.5, 0.6) is 5.75 Å². The van der Waals surface area contributed by atoms with Crippen molar-refractivity contribution in [2.24, 2.45) is 0 Å². The SMILES string of the molecule is CC1NN(c2cc(O)c(Cl)cc2F)C(=O)N1C(F)F. The summed E-state index contributed by atoms with van der Waals surface area (Å²) in [5.74, 6) is -1.39. The summed E-state index contributed by atoms with van der Waals surface area (Å²) in [5.41, 5.74) is 1.99. The maximum Gasteiger partial charge on any atom is 0.344 e. The zero-order chi connectivity index (χ0) is 14.3. The van der Waals surface area contributed by atoms with E-state index in [0.717, 1.165) is 12.1 Å². The first-order valence-corrected chi connectivity index (χ1v) is 5.55. The molecule has 0 radical (unpaired) electrons. The van der Waals surface area contributed by atoms with Crippen LogP contribution >= 0.6 is 11.6 Å². The number of halogens is 4. The molecule has 0 aliphatic carbocycles. The molecule has 1 atom stereocenters. The number of amides is 2. The van der Waals surface area contributed by atoms with Gasteiger partial charge in [0.05, 0.1) is 5.02 Å². The molecule has 1 heterocycles. The molecule has 0 aromatic heterocycles. The van der Waals surface area contributed by atoms with Gasteiger partial charge in [0.1, 0.15) is 23.4 Å². The second kappa shape index (κ2) is 4.78. The fourth-order valence-electron chi connectivity index (χ4n) is 1.71. The Balaban J connectivity index is 2.39. The van der Waals surface area contributed by atoms with E-state index in [1.54, 1.807) is 0 Å². The third kappa shape index (κ3) is 2.28. The van der Waals surface area contributed by atoms with Crippen molar-refractivity contribution in [2.45, 2.75) is 19.6 Å².